The third-order valence-electron chi connectivity index (χ3n) is 3.79. The quantitative estimate of drug-likeness (QED) is 0.211. The predicted octanol–water partition coefficient (Wildman–Crippen LogP) is 2.42. The fraction of sp³-hybridized carbons (Fsp3) is 0.824. The van der Waals surface area contributed by atoms with Gasteiger partial charge in [0, 0.05) is 20.1 Å². The zero-order valence-corrected chi connectivity index (χ0v) is 19.4. The number of ether oxygens (including phenoxy) is 2. The Morgan fingerprint density at radius 3 is 2.08 bits per heavy atom. The van der Waals surface area contributed by atoms with Gasteiger partial charge in [-0.25, -0.2) is 4.79 Å². The molecule has 0 spiro atoms. The van der Waals surface area contributed by atoms with Gasteiger partial charge in [0.1, 0.15) is 5.60 Å². The fourth-order valence-corrected chi connectivity index (χ4v) is 2.10. The maximum Gasteiger partial charge on any atom is 0.408 e. The van der Waals surface area contributed by atoms with E-state index in [1.54, 1.807) is 7.05 Å². The number of hydrogen-bond donors (Lipinski definition) is 3. The number of carbonyl (C=O) groups is 2. The average Bonchev–Trinajstić information content (AvgIpc) is 2.54. The average molecular weight is 486 g/mol. The molecule has 26 heavy (non-hydrogen) atoms. The van der Waals surface area contributed by atoms with Crippen molar-refractivity contribution in [1.82, 2.24) is 16.0 Å². The summed E-state index contributed by atoms with van der Waals surface area (Å²) in [6.07, 6.45) is 1.27. The lowest BCUT2D eigenvalue weighted by molar-refractivity contribution is -0.140. The third kappa shape index (κ3) is 11.4. The highest BCUT2D eigenvalue weighted by Gasteiger charge is 2.30. The van der Waals surface area contributed by atoms with Crippen LogP contribution in [0.4, 0.5) is 4.79 Å². The largest absolute Gasteiger partial charge is 0.469 e. The summed E-state index contributed by atoms with van der Waals surface area (Å²) in [6, 6.07) is 0. The van der Waals surface area contributed by atoms with Crippen LogP contribution in [0.25, 0.3) is 0 Å². The fourth-order valence-electron chi connectivity index (χ4n) is 2.10. The van der Waals surface area contributed by atoms with Crippen molar-refractivity contribution in [3.05, 3.63) is 0 Å². The van der Waals surface area contributed by atoms with E-state index in [1.165, 1.54) is 7.11 Å². The summed E-state index contributed by atoms with van der Waals surface area (Å²) in [6.45, 7) is 10.4. The Balaban J connectivity index is 0. The number of esters is 1. The molecule has 1 amide bonds. The number of hydrogen-bond acceptors (Lipinski definition) is 5. The van der Waals surface area contributed by atoms with Crippen molar-refractivity contribution in [3.63, 3.8) is 0 Å². The highest BCUT2D eigenvalue weighted by Crippen LogP contribution is 2.16. The number of methoxy groups -OCH3 is 1. The molecule has 154 valence electrons. The molecule has 0 saturated heterocycles. The van der Waals surface area contributed by atoms with Gasteiger partial charge in [0.15, 0.2) is 5.96 Å². The third-order valence-corrected chi connectivity index (χ3v) is 3.79. The molecule has 3 N–H and O–H groups in total. The molecule has 0 unspecified atom stereocenters. The maximum absolute atomic E-state index is 12.1. The van der Waals surface area contributed by atoms with E-state index in [2.05, 4.69) is 25.7 Å². The first-order valence-corrected chi connectivity index (χ1v) is 8.64. The van der Waals surface area contributed by atoms with Gasteiger partial charge >= 0.3 is 12.1 Å². The minimum Gasteiger partial charge on any atom is -0.469 e. The molecule has 0 aliphatic rings. The van der Waals surface area contributed by atoms with Gasteiger partial charge in [-0.05, 0) is 33.6 Å². The molecule has 0 rings (SSSR count). The minimum atomic E-state index is -0.545. The molecule has 0 aliphatic carbocycles. The molecule has 0 aromatic heterocycles. The molecule has 0 radical (unpaired) electrons. The lowest BCUT2D eigenvalue weighted by atomic mass is 9.93. The van der Waals surface area contributed by atoms with Crippen LogP contribution in [0.5, 0.6) is 0 Å². The molecule has 0 aliphatic heterocycles. The van der Waals surface area contributed by atoms with Crippen molar-refractivity contribution in [2.75, 3.05) is 27.2 Å². The van der Waals surface area contributed by atoms with E-state index in [1.807, 2.05) is 34.6 Å². The molecule has 0 aromatic rings. The first-order chi connectivity index (χ1) is 11.6. The van der Waals surface area contributed by atoms with Crippen molar-refractivity contribution < 1.29 is 19.1 Å². The second-order valence-corrected chi connectivity index (χ2v) is 6.79. The monoisotopic (exact) mass is 486 g/mol. The second-order valence-electron chi connectivity index (χ2n) is 6.79. The number of nitrogens with zero attached hydrogens (tertiary/aromatic N) is 1. The zero-order valence-electron chi connectivity index (χ0n) is 17.0. The molecule has 0 atom stereocenters. The summed E-state index contributed by atoms with van der Waals surface area (Å²) in [5.41, 5.74) is -1.00. The van der Waals surface area contributed by atoms with Gasteiger partial charge in [-0.15, -0.1) is 24.0 Å². The highest BCUT2D eigenvalue weighted by atomic mass is 127. The van der Waals surface area contributed by atoms with Crippen LogP contribution >= 0.6 is 24.0 Å². The lowest BCUT2D eigenvalue weighted by Gasteiger charge is -2.34. The van der Waals surface area contributed by atoms with Gasteiger partial charge in [0.05, 0.1) is 19.1 Å². The van der Waals surface area contributed by atoms with Crippen LogP contribution in [0.1, 0.15) is 53.9 Å². The van der Waals surface area contributed by atoms with Crippen LogP contribution in [0.2, 0.25) is 0 Å². The molecule has 0 bridgehead atoms. The van der Waals surface area contributed by atoms with Crippen molar-refractivity contribution in [2.45, 2.75) is 65.0 Å². The molecule has 9 heteroatoms. The van der Waals surface area contributed by atoms with E-state index in [9.17, 15) is 9.59 Å². The van der Waals surface area contributed by atoms with Gasteiger partial charge in [-0.2, -0.15) is 0 Å². The molecule has 0 saturated carbocycles. The molecule has 0 heterocycles. The van der Waals surface area contributed by atoms with Crippen LogP contribution in [0.15, 0.2) is 4.99 Å². The topological polar surface area (TPSA) is 101 Å². The predicted molar refractivity (Wildman–Crippen MR) is 114 cm³/mol. The van der Waals surface area contributed by atoms with E-state index < -0.39 is 17.2 Å². The standard InChI is InChI=1S/C17H34N4O4.HI/c1-8-17(9-2,21-15(23)25-16(3,4)5)12-20-14(18-6)19-11-10-13(22)24-7;/h8-12H2,1-7H3,(H,21,23)(H2,18,19,20);1H. The molecule has 8 nitrogen and oxygen atoms in total. The zero-order chi connectivity index (χ0) is 19.5. The van der Waals surface area contributed by atoms with Crippen LogP contribution in [-0.2, 0) is 14.3 Å². The number of alkyl carbamates (subject to hydrolysis) is 1. The summed E-state index contributed by atoms with van der Waals surface area (Å²) < 4.78 is 9.96. The first-order valence-electron chi connectivity index (χ1n) is 8.64. The van der Waals surface area contributed by atoms with Crippen LogP contribution in [0.3, 0.4) is 0 Å². The van der Waals surface area contributed by atoms with Crippen LogP contribution in [-0.4, -0.2) is 56.4 Å². The summed E-state index contributed by atoms with van der Waals surface area (Å²) in [4.78, 5) is 27.4. The SMILES string of the molecule is CCC(CC)(CNC(=NC)NCCC(=O)OC)NC(=O)OC(C)(C)C.I. The van der Waals surface area contributed by atoms with E-state index in [4.69, 9.17) is 4.74 Å². The summed E-state index contributed by atoms with van der Waals surface area (Å²) in [5.74, 6) is 0.271. The summed E-state index contributed by atoms with van der Waals surface area (Å²) >= 11 is 0. The molecule has 0 fully saturated rings. The van der Waals surface area contributed by atoms with Gasteiger partial charge < -0.3 is 25.4 Å². The van der Waals surface area contributed by atoms with Crippen molar-refractivity contribution in [2.24, 2.45) is 4.99 Å². The number of carbonyl (C=O) groups excluding carboxylic acids is 2. The number of nitrogens with one attached hydrogen (secondary N) is 3. The van der Waals surface area contributed by atoms with E-state index in [0.29, 0.717) is 19.0 Å². The number of guanidine groups is 1. The smallest absolute Gasteiger partial charge is 0.408 e. The number of rotatable bonds is 8. The minimum absolute atomic E-state index is 0. The highest BCUT2D eigenvalue weighted by molar-refractivity contribution is 14.0. The van der Waals surface area contributed by atoms with Crippen molar-refractivity contribution in [3.8, 4) is 0 Å². The number of halogens is 1. The Kier molecular flexibility index (Phi) is 13.5. The van der Waals surface area contributed by atoms with E-state index >= 15 is 0 Å². The number of amides is 1. The first kappa shape index (κ1) is 27.0. The van der Waals surface area contributed by atoms with Crippen molar-refractivity contribution in [1.29, 1.82) is 0 Å². The van der Waals surface area contributed by atoms with Gasteiger partial charge in [0.2, 0.25) is 0 Å². The van der Waals surface area contributed by atoms with Gasteiger partial charge in [-0.3, -0.25) is 9.79 Å². The molecule has 0 aromatic carbocycles. The normalized spacial score (nSPS) is 11.9. The molecular weight excluding hydrogens is 451 g/mol. The summed E-state index contributed by atoms with van der Waals surface area (Å²) in [5, 5.41) is 9.20. The Morgan fingerprint density at radius 1 is 1.08 bits per heavy atom. The second kappa shape index (κ2) is 13.0. The lowest BCUT2D eigenvalue weighted by Crippen LogP contribution is -2.57. The molecular formula is C17H35IN4O4. The van der Waals surface area contributed by atoms with Crippen molar-refractivity contribution >= 4 is 42.0 Å². The van der Waals surface area contributed by atoms with Crippen LogP contribution < -0.4 is 16.0 Å². The number of aliphatic imine (C=N–C) groups is 1. The van der Waals surface area contributed by atoms with E-state index in [-0.39, 0.29) is 36.4 Å². The summed E-state index contributed by atoms with van der Waals surface area (Å²) in [7, 11) is 3.00. The Hall–Kier alpha value is -1.26. The Bertz CT molecular complexity index is 460. The van der Waals surface area contributed by atoms with Gasteiger partial charge in [0.25, 0.3) is 0 Å². The van der Waals surface area contributed by atoms with Crippen LogP contribution in [0, 0.1) is 0 Å². The maximum atomic E-state index is 12.1. The van der Waals surface area contributed by atoms with E-state index in [0.717, 1.165) is 12.8 Å². The van der Waals surface area contributed by atoms with Gasteiger partial charge in [-0.1, -0.05) is 13.8 Å². The Morgan fingerprint density at radius 2 is 1.65 bits per heavy atom. The Labute approximate surface area is 174 Å².